The summed E-state index contributed by atoms with van der Waals surface area (Å²) in [4.78, 5) is 26.5. The third-order valence-electron chi connectivity index (χ3n) is 3.61. The Morgan fingerprint density at radius 1 is 1.19 bits per heavy atom. The van der Waals surface area contributed by atoms with Crippen LogP contribution in [0.1, 0.15) is 33.1 Å². The van der Waals surface area contributed by atoms with Crippen molar-refractivity contribution in [3.8, 4) is 0 Å². The number of carbonyl (C=O) groups is 2. The normalized spacial score (nSPS) is 22.4. The summed E-state index contributed by atoms with van der Waals surface area (Å²) in [6, 6.07) is 3.96. The van der Waals surface area contributed by atoms with Gasteiger partial charge < -0.3 is 5.32 Å². The van der Waals surface area contributed by atoms with E-state index >= 15 is 0 Å². The fourth-order valence-electron chi connectivity index (χ4n) is 2.61. The molecule has 21 heavy (non-hydrogen) atoms. The van der Waals surface area contributed by atoms with Crippen LogP contribution in [0.25, 0.3) is 0 Å². The van der Waals surface area contributed by atoms with Crippen LogP contribution in [0, 0.1) is 0 Å². The van der Waals surface area contributed by atoms with Crippen LogP contribution in [-0.4, -0.2) is 23.9 Å². The Kier molecular flexibility index (Phi) is 5.12. The lowest BCUT2D eigenvalue weighted by Crippen LogP contribution is -2.63. The Balaban J connectivity index is 2.49. The first-order valence-electron chi connectivity index (χ1n) is 7.08. The van der Waals surface area contributed by atoms with Gasteiger partial charge in [0.2, 0.25) is 11.8 Å². The molecular formula is C15H18Cl2N2O2. The molecule has 0 spiro atoms. The minimum Gasteiger partial charge on any atom is -0.342 e. The van der Waals surface area contributed by atoms with Crippen molar-refractivity contribution in [1.29, 1.82) is 0 Å². The number of nitrogens with zero attached hydrogens (tertiary/aromatic N) is 1. The number of hydrogen-bond acceptors (Lipinski definition) is 2. The average Bonchev–Trinajstić information content (AvgIpc) is 2.44. The third kappa shape index (κ3) is 3.01. The predicted molar refractivity (Wildman–Crippen MR) is 84.9 cm³/mol. The van der Waals surface area contributed by atoms with E-state index in [0.29, 0.717) is 28.6 Å². The molecule has 1 heterocycles. The van der Waals surface area contributed by atoms with Crippen molar-refractivity contribution in [2.45, 2.75) is 45.2 Å². The molecule has 4 nitrogen and oxygen atoms in total. The number of benzene rings is 1. The fraction of sp³-hybridized carbons (Fsp3) is 0.467. The molecule has 1 fully saturated rings. The van der Waals surface area contributed by atoms with Crippen LogP contribution in [0.4, 0.5) is 5.69 Å². The van der Waals surface area contributed by atoms with E-state index in [9.17, 15) is 9.59 Å². The molecule has 0 aliphatic carbocycles. The quantitative estimate of drug-likeness (QED) is 0.920. The van der Waals surface area contributed by atoms with Gasteiger partial charge >= 0.3 is 0 Å². The highest BCUT2D eigenvalue weighted by atomic mass is 35.5. The number of piperazine rings is 1. The predicted octanol–water partition coefficient (Wildman–Crippen LogP) is 3.40. The Bertz CT molecular complexity index is 542. The number of carbonyl (C=O) groups excluding carboxylic acids is 2. The smallest absolute Gasteiger partial charge is 0.250 e. The van der Waals surface area contributed by atoms with E-state index in [0.717, 1.165) is 6.42 Å². The largest absolute Gasteiger partial charge is 0.342 e. The van der Waals surface area contributed by atoms with Gasteiger partial charge in [-0.25, -0.2) is 0 Å². The fourth-order valence-corrected chi connectivity index (χ4v) is 3.19. The average molecular weight is 329 g/mol. The molecule has 0 radical (unpaired) electrons. The standard InChI is InChI=1S/C15H18Cl2N2O2/c1-3-6-11-15(21)19(12(4-2)14(20)18-11)13-9(16)7-5-8-10(13)17/h5,7-8,11-12H,3-4,6H2,1-2H3,(H,18,20). The van der Waals surface area contributed by atoms with E-state index < -0.39 is 12.1 Å². The van der Waals surface area contributed by atoms with E-state index in [1.54, 1.807) is 18.2 Å². The maximum atomic E-state index is 12.7. The zero-order valence-corrected chi connectivity index (χ0v) is 13.5. The van der Waals surface area contributed by atoms with Crippen molar-refractivity contribution < 1.29 is 9.59 Å². The molecule has 114 valence electrons. The number of para-hydroxylation sites is 1. The van der Waals surface area contributed by atoms with E-state index in [-0.39, 0.29) is 11.8 Å². The van der Waals surface area contributed by atoms with Crippen molar-refractivity contribution >= 4 is 40.7 Å². The Labute approximate surface area is 134 Å². The van der Waals surface area contributed by atoms with E-state index in [1.807, 2.05) is 13.8 Å². The molecule has 1 aromatic rings. The number of halogens is 2. The van der Waals surface area contributed by atoms with Gasteiger partial charge in [-0.15, -0.1) is 0 Å². The van der Waals surface area contributed by atoms with Crippen LogP contribution in [0.5, 0.6) is 0 Å². The van der Waals surface area contributed by atoms with Crippen LogP contribution in [0.3, 0.4) is 0 Å². The number of anilines is 1. The van der Waals surface area contributed by atoms with Crippen molar-refractivity contribution in [2.24, 2.45) is 0 Å². The van der Waals surface area contributed by atoms with Gasteiger partial charge in [-0.05, 0) is 25.0 Å². The van der Waals surface area contributed by atoms with Crippen molar-refractivity contribution in [3.05, 3.63) is 28.2 Å². The lowest BCUT2D eigenvalue weighted by Gasteiger charge is -2.39. The highest BCUT2D eigenvalue weighted by Crippen LogP contribution is 2.37. The molecule has 2 atom stereocenters. The molecule has 2 amide bonds. The first-order valence-corrected chi connectivity index (χ1v) is 7.84. The van der Waals surface area contributed by atoms with Gasteiger partial charge in [0, 0.05) is 0 Å². The van der Waals surface area contributed by atoms with Crippen LogP contribution in [0.15, 0.2) is 18.2 Å². The zero-order valence-electron chi connectivity index (χ0n) is 12.0. The molecule has 1 aliphatic heterocycles. The van der Waals surface area contributed by atoms with Crippen LogP contribution < -0.4 is 10.2 Å². The molecule has 0 aromatic heterocycles. The monoisotopic (exact) mass is 328 g/mol. The summed E-state index contributed by atoms with van der Waals surface area (Å²) in [5.41, 5.74) is 0.425. The van der Waals surface area contributed by atoms with E-state index in [4.69, 9.17) is 23.2 Å². The van der Waals surface area contributed by atoms with Gasteiger partial charge in [0.1, 0.15) is 12.1 Å². The molecule has 1 aromatic carbocycles. The van der Waals surface area contributed by atoms with Gasteiger partial charge in [0.05, 0.1) is 15.7 Å². The summed E-state index contributed by atoms with van der Waals surface area (Å²) in [5, 5.41) is 3.54. The highest BCUT2D eigenvalue weighted by Gasteiger charge is 2.41. The lowest BCUT2D eigenvalue weighted by molar-refractivity contribution is -0.134. The molecule has 0 saturated carbocycles. The second-order valence-corrected chi connectivity index (χ2v) is 5.87. The molecule has 1 N–H and O–H groups in total. The maximum absolute atomic E-state index is 12.7. The summed E-state index contributed by atoms with van der Waals surface area (Å²) in [6.45, 7) is 3.83. The molecule has 2 unspecified atom stereocenters. The van der Waals surface area contributed by atoms with Crippen molar-refractivity contribution in [2.75, 3.05) is 4.90 Å². The topological polar surface area (TPSA) is 49.4 Å². The molecule has 1 saturated heterocycles. The molecule has 1 aliphatic rings. The summed E-state index contributed by atoms with van der Waals surface area (Å²) in [7, 11) is 0. The van der Waals surface area contributed by atoms with Crippen LogP contribution in [-0.2, 0) is 9.59 Å². The molecule has 0 bridgehead atoms. The first-order chi connectivity index (χ1) is 10.0. The number of amides is 2. The Morgan fingerprint density at radius 3 is 2.33 bits per heavy atom. The first kappa shape index (κ1) is 16.1. The second kappa shape index (κ2) is 6.67. The maximum Gasteiger partial charge on any atom is 0.250 e. The molecule has 6 heteroatoms. The minimum absolute atomic E-state index is 0.154. The number of hydrogen-bond donors (Lipinski definition) is 1. The Hall–Kier alpha value is -1.26. The van der Waals surface area contributed by atoms with Gasteiger partial charge in [0.25, 0.3) is 0 Å². The molecule has 2 rings (SSSR count). The summed E-state index contributed by atoms with van der Waals surface area (Å²) < 4.78 is 0. The third-order valence-corrected chi connectivity index (χ3v) is 4.22. The van der Waals surface area contributed by atoms with Crippen LogP contribution >= 0.6 is 23.2 Å². The van der Waals surface area contributed by atoms with Crippen LogP contribution in [0.2, 0.25) is 10.0 Å². The second-order valence-electron chi connectivity index (χ2n) is 5.05. The SMILES string of the molecule is CCCC1NC(=O)C(CC)N(c2c(Cl)cccc2Cl)C1=O. The summed E-state index contributed by atoms with van der Waals surface area (Å²) >= 11 is 12.4. The summed E-state index contributed by atoms with van der Waals surface area (Å²) in [5.74, 6) is -0.315. The van der Waals surface area contributed by atoms with E-state index in [1.165, 1.54) is 4.90 Å². The zero-order chi connectivity index (χ0) is 15.6. The van der Waals surface area contributed by atoms with Crippen molar-refractivity contribution in [3.63, 3.8) is 0 Å². The van der Waals surface area contributed by atoms with E-state index in [2.05, 4.69) is 5.32 Å². The summed E-state index contributed by atoms with van der Waals surface area (Å²) in [6.07, 6.45) is 1.90. The lowest BCUT2D eigenvalue weighted by atomic mass is 10.0. The number of rotatable bonds is 4. The van der Waals surface area contributed by atoms with Gasteiger partial charge in [0.15, 0.2) is 0 Å². The molecular weight excluding hydrogens is 311 g/mol. The van der Waals surface area contributed by atoms with Gasteiger partial charge in [-0.2, -0.15) is 0 Å². The van der Waals surface area contributed by atoms with Gasteiger partial charge in [-0.3, -0.25) is 14.5 Å². The Morgan fingerprint density at radius 2 is 1.81 bits per heavy atom. The van der Waals surface area contributed by atoms with Gasteiger partial charge in [-0.1, -0.05) is 49.5 Å². The highest BCUT2D eigenvalue weighted by molar-refractivity contribution is 6.40. The minimum atomic E-state index is -0.581. The van der Waals surface area contributed by atoms with Crippen molar-refractivity contribution in [1.82, 2.24) is 5.32 Å². The number of nitrogens with one attached hydrogen (secondary N) is 1.